The molecule has 0 spiro atoms. The van der Waals surface area contributed by atoms with Crippen LogP contribution in [0, 0.1) is 5.92 Å². The molecule has 4 heteroatoms. The molecular weight excluding hydrogens is 354 g/mol. The molecule has 120 valence electrons. The predicted molar refractivity (Wildman–Crippen MR) is 96.1 cm³/mol. The highest BCUT2D eigenvalue weighted by Crippen LogP contribution is 2.47. The third kappa shape index (κ3) is 2.88. The summed E-state index contributed by atoms with van der Waals surface area (Å²) in [6.45, 7) is 4.39. The van der Waals surface area contributed by atoms with E-state index in [9.17, 15) is 9.90 Å². The average Bonchev–Trinajstić information content (AvgIpc) is 2.55. The number of halogens is 1. The molecule has 0 fully saturated rings. The van der Waals surface area contributed by atoms with Crippen LogP contribution in [0.2, 0.25) is 0 Å². The van der Waals surface area contributed by atoms with Crippen LogP contribution in [0.4, 0.5) is 5.69 Å². The van der Waals surface area contributed by atoms with Crippen LogP contribution in [0.25, 0.3) is 0 Å². The fraction of sp³-hybridized carbons (Fsp3) is 0.316. The first-order valence-corrected chi connectivity index (χ1v) is 8.70. The van der Waals surface area contributed by atoms with Crippen LogP contribution < -0.4 is 5.32 Å². The van der Waals surface area contributed by atoms with Crippen LogP contribution >= 0.6 is 15.9 Å². The Hall–Kier alpha value is -1.81. The summed E-state index contributed by atoms with van der Waals surface area (Å²) in [7, 11) is 0. The number of carbonyl (C=O) groups is 1. The summed E-state index contributed by atoms with van der Waals surface area (Å²) in [6, 6.07) is 13.9. The number of hydrogen-bond acceptors (Lipinski definition) is 2. The van der Waals surface area contributed by atoms with Gasteiger partial charge in [0.05, 0.1) is 11.6 Å². The van der Waals surface area contributed by atoms with E-state index in [0.717, 1.165) is 22.1 Å². The minimum Gasteiger partial charge on any atom is -0.478 e. The van der Waals surface area contributed by atoms with Crippen LogP contribution in [-0.4, -0.2) is 11.1 Å². The third-order valence-electron chi connectivity index (χ3n) is 4.88. The maximum Gasteiger partial charge on any atom is 0.335 e. The molecule has 3 rings (SSSR count). The van der Waals surface area contributed by atoms with E-state index in [4.69, 9.17) is 0 Å². The van der Waals surface area contributed by atoms with Crippen LogP contribution in [0.15, 0.2) is 46.9 Å². The zero-order valence-corrected chi connectivity index (χ0v) is 14.8. The molecule has 0 saturated heterocycles. The minimum absolute atomic E-state index is 0.216. The van der Waals surface area contributed by atoms with Crippen molar-refractivity contribution in [2.45, 2.75) is 32.2 Å². The number of anilines is 1. The maximum absolute atomic E-state index is 11.2. The van der Waals surface area contributed by atoms with Gasteiger partial charge in [0.15, 0.2) is 0 Å². The zero-order valence-electron chi connectivity index (χ0n) is 13.2. The molecule has 2 N–H and O–H groups in total. The summed E-state index contributed by atoms with van der Waals surface area (Å²) in [5.74, 6) is -0.168. The fourth-order valence-electron chi connectivity index (χ4n) is 3.62. The molecule has 3 nitrogen and oxygen atoms in total. The lowest BCUT2D eigenvalue weighted by atomic mass is 9.74. The number of hydrogen-bond donors (Lipinski definition) is 2. The van der Waals surface area contributed by atoms with Gasteiger partial charge < -0.3 is 10.4 Å². The Balaban J connectivity index is 2.06. The van der Waals surface area contributed by atoms with Crippen molar-refractivity contribution in [2.75, 3.05) is 5.32 Å². The van der Waals surface area contributed by atoms with Gasteiger partial charge in [-0.2, -0.15) is 0 Å². The van der Waals surface area contributed by atoms with Crippen molar-refractivity contribution < 1.29 is 9.90 Å². The number of rotatable bonds is 3. The molecule has 0 saturated carbocycles. The minimum atomic E-state index is -0.874. The van der Waals surface area contributed by atoms with Crippen molar-refractivity contribution in [3.63, 3.8) is 0 Å². The molecule has 0 bridgehead atoms. The molecule has 2 aromatic rings. The van der Waals surface area contributed by atoms with E-state index in [2.05, 4.69) is 53.3 Å². The second-order valence-corrected chi connectivity index (χ2v) is 6.97. The molecule has 1 aliphatic rings. The van der Waals surface area contributed by atoms with E-state index in [1.165, 1.54) is 5.56 Å². The van der Waals surface area contributed by atoms with E-state index in [-0.39, 0.29) is 6.04 Å². The summed E-state index contributed by atoms with van der Waals surface area (Å²) in [4.78, 5) is 11.2. The number of carboxylic acid groups (broad SMARTS) is 1. The van der Waals surface area contributed by atoms with Gasteiger partial charge in [-0.25, -0.2) is 4.79 Å². The molecule has 23 heavy (non-hydrogen) atoms. The number of aromatic carboxylic acids is 1. The quantitative estimate of drug-likeness (QED) is 0.752. The summed E-state index contributed by atoms with van der Waals surface area (Å²) in [6.07, 6.45) is 1.02. The topological polar surface area (TPSA) is 49.3 Å². The van der Waals surface area contributed by atoms with Gasteiger partial charge in [-0.15, -0.1) is 0 Å². The number of nitrogens with one attached hydrogen (secondary N) is 1. The lowest BCUT2D eigenvalue weighted by Gasteiger charge is -2.40. The Labute approximate surface area is 144 Å². The molecule has 2 aromatic carbocycles. The summed E-state index contributed by atoms with van der Waals surface area (Å²) in [5.41, 5.74) is 3.73. The second kappa shape index (κ2) is 6.36. The van der Waals surface area contributed by atoms with Gasteiger partial charge in [-0.3, -0.25) is 0 Å². The Bertz CT molecular complexity index is 744. The first-order valence-electron chi connectivity index (χ1n) is 7.91. The number of carboxylic acids is 1. The SMILES string of the molecule is CC[C@H]1[C@@H](C)c2cc(C(=O)O)ccc2N[C@H]1c1ccccc1Br. The highest BCUT2D eigenvalue weighted by atomic mass is 79.9. The molecular formula is C19H20BrNO2. The average molecular weight is 374 g/mol. The number of fused-ring (bicyclic) bond motifs is 1. The molecule has 0 amide bonds. The standard InChI is InChI=1S/C19H20BrNO2/c1-3-13-11(2)15-10-12(19(22)23)8-9-17(15)21-18(13)14-6-4-5-7-16(14)20/h4-11,13,18,21H,3H2,1-2H3,(H,22,23)/t11-,13+,18-/m1/s1. The highest BCUT2D eigenvalue weighted by molar-refractivity contribution is 9.10. The predicted octanol–water partition coefficient (Wildman–Crippen LogP) is 5.44. The molecule has 3 atom stereocenters. The Morgan fingerprint density at radius 2 is 1.96 bits per heavy atom. The highest BCUT2D eigenvalue weighted by Gasteiger charge is 2.34. The molecule has 0 radical (unpaired) electrons. The van der Waals surface area contributed by atoms with Gasteiger partial charge in [-0.1, -0.05) is 54.4 Å². The summed E-state index contributed by atoms with van der Waals surface area (Å²) < 4.78 is 1.11. The van der Waals surface area contributed by atoms with Gasteiger partial charge in [0.25, 0.3) is 0 Å². The van der Waals surface area contributed by atoms with Crippen molar-refractivity contribution in [2.24, 2.45) is 5.92 Å². The van der Waals surface area contributed by atoms with Gasteiger partial charge >= 0.3 is 5.97 Å². The molecule has 0 unspecified atom stereocenters. The van der Waals surface area contributed by atoms with Crippen LogP contribution in [0.3, 0.4) is 0 Å². The second-order valence-electron chi connectivity index (χ2n) is 6.11. The van der Waals surface area contributed by atoms with E-state index in [0.29, 0.717) is 17.4 Å². The first-order chi connectivity index (χ1) is 11.0. The van der Waals surface area contributed by atoms with Crippen LogP contribution in [0.1, 0.15) is 53.7 Å². The molecule has 1 aliphatic heterocycles. The fourth-order valence-corrected chi connectivity index (χ4v) is 4.15. The molecule has 0 aliphatic carbocycles. The largest absolute Gasteiger partial charge is 0.478 e. The number of benzene rings is 2. The van der Waals surface area contributed by atoms with Crippen molar-refractivity contribution in [1.29, 1.82) is 0 Å². The maximum atomic E-state index is 11.2. The van der Waals surface area contributed by atoms with Crippen LogP contribution in [0.5, 0.6) is 0 Å². The van der Waals surface area contributed by atoms with E-state index in [1.807, 2.05) is 18.2 Å². The van der Waals surface area contributed by atoms with Crippen molar-refractivity contribution in [1.82, 2.24) is 0 Å². The monoisotopic (exact) mass is 373 g/mol. The molecule has 0 aromatic heterocycles. The van der Waals surface area contributed by atoms with Gasteiger partial charge in [-0.05, 0) is 47.2 Å². The Kier molecular flexibility index (Phi) is 4.44. The zero-order chi connectivity index (χ0) is 16.6. The van der Waals surface area contributed by atoms with Gasteiger partial charge in [0.1, 0.15) is 0 Å². The smallest absolute Gasteiger partial charge is 0.335 e. The molecule has 1 heterocycles. The van der Waals surface area contributed by atoms with Crippen molar-refractivity contribution in [3.05, 3.63) is 63.6 Å². The third-order valence-corrected chi connectivity index (χ3v) is 5.60. The van der Waals surface area contributed by atoms with Crippen LogP contribution in [-0.2, 0) is 0 Å². The lowest BCUT2D eigenvalue weighted by Crippen LogP contribution is -2.30. The Morgan fingerprint density at radius 3 is 2.61 bits per heavy atom. The van der Waals surface area contributed by atoms with E-state index in [1.54, 1.807) is 6.07 Å². The normalized spacial score (nSPS) is 23.0. The van der Waals surface area contributed by atoms with Gasteiger partial charge in [0.2, 0.25) is 0 Å². The Morgan fingerprint density at radius 1 is 1.22 bits per heavy atom. The summed E-state index contributed by atoms with van der Waals surface area (Å²) >= 11 is 3.66. The van der Waals surface area contributed by atoms with Crippen molar-refractivity contribution >= 4 is 27.6 Å². The van der Waals surface area contributed by atoms with E-state index < -0.39 is 5.97 Å². The van der Waals surface area contributed by atoms with Crippen molar-refractivity contribution in [3.8, 4) is 0 Å². The summed E-state index contributed by atoms with van der Waals surface area (Å²) in [5, 5.41) is 12.9. The van der Waals surface area contributed by atoms with Gasteiger partial charge in [0, 0.05) is 10.2 Å². The van der Waals surface area contributed by atoms with E-state index >= 15 is 0 Å². The first kappa shape index (κ1) is 16.1. The lowest BCUT2D eigenvalue weighted by molar-refractivity contribution is 0.0696.